The molecule has 1 amide bonds. The molecule has 8 nitrogen and oxygen atoms in total. The van der Waals surface area contributed by atoms with Gasteiger partial charge < -0.3 is 5.32 Å². The van der Waals surface area contributed by atoms with Gasteiger partial charge >= 0.3 is 0 Å². The Balaban J connectivity index is 1.55. The van der Waals surface area contributed by atoms with Crippen LogP contribution in [0.2, 0.25) is 0 Å². The van der Waals surface area contributed by atoms with Gasteiger partial charge in [-0.05, 0) is 29.7 Å². The molecule has 0 aliphatic heterocycles. The van der Waals surface area contributed by atoms with Gasteiger partial charge in [-0.3, -0.25) is 9.89 Å². The lowest BCUT2D eigenvalue weighted by Gasteiger charge is -2.04. The monoisotopic (exact) mass is 293 g/mol. The van der Waals surface area contributed by atoms with Gasteiger partial charge in [0.05, 0.1) is 18.0 Å². The predicted octanol–water partition coefficient (Wildman–Crippen LogP) is 1.02. The van der Waals surface area contributed by atoms with Crippen LogP contribution in [-0.2, 0) is 11.2 Å². The Kier molecular flexibility index (Phi) is 3.68. The number of hydrogen-bond donors (Lipinski definition) is 2. The van der Waals surface area contributed by atoms with Gasteiger partial charge in [0.15, 0.2) is 0 Å². The van der Waals surface area contributed by atoms with Gasteiger partial charge in [0.1, 0.15) is 5.82 Å². The maximum Gasteiger partial charge on any atom is 0.235 e. The number of hydrogen-bond acceptors (Lipinski definition) is 6. The first kappa shape index (κ1) is 13.1. The van der Waals surface area contributed by atoms with E-state index < -0.39 is 0 Å². The summed E-state index contributed by atoms with van der Waals surface area (Å²) in [5, 5.41) is 21.8. The second kappa shape index (κ2) is 5.61. The molecule has 1 fully saturated rings. The Labute approximate surface area is 119 Å². The van der Waals surface area contributed by atoms with Crippen molar-refractivity contribution in [1.82, 2.24) is 30.4 Å². The van der Waals surface area contributed by atoms with Gasteiger partial charge in [0.25, 0.3) is 0 Å². The summed E-state index contributed by atoms with van der Waals surface area (Å²) in [4.78, 5) is 11.9. The topological polar surface area (TPSA) is 101 Å². The molecule has 3 rings (SSSR count). The van der Waals surface area contributed by atoms with E-state index in [4.69, 9.17) is 0 Å². The quantitative estimate of drug-likeness (QED) is 0.771. The van der Waals surface area contributed by atoms with Gasteiger partial charge in [-0.1, -0.05) is 18.7 Å². The van der Waals surface area contributed by atoms with E-state index in [1.54, 1.807) is 10.9 Å². The average Bonchev–Trinajstić information content (AvgIpc) is 3.01. The molecule has 2 N–H and O–H groups in total. The summed E-state index contributed by atoms with van der Waals surface area (Å²) in [6.45, 7) is 2.01. The summed E-state index contributed by atoms with van der Waals surface area (Å²) in [5.74, 6) is 0.842. The van der Waals surface area contributed by atoms with Crippen molar-refractivity contribution in [1.29, 1.82) is 0 Å². The molecular weight excluding hydrogens is 278 g/mol. The van der Waals surface area contributed by atoms with E-state index in [0.717, 1.165) is 24.8 Å². The maximum atomic E-state index is 11.9. The Bertz CT molecular complexity index is 603. The number of H-pyrrole nitrogens is 1. The van der Waals surface area contributed by atoms with Crippen LogP contribution in [0.1, 0.15) is 31.4 Å². The molecule has 106 valence electrons. The van der Waals surface area contributed by atoms with E-state index in [2.05, 4.69) is 31.0 Å². The summed E-state index contributed by atoms with van der Waals surface area (Å²) >= 11 is 1.35. The van der Waals surface area contributed by atoms with E-state index in [9.17, 15) is 4.79 Å². The number of carbonyl (C=O) groups is 1. The zero-order valence-corrected chi connectivity index (χ0v) is 11.9. The molecule has 1 aliphatic carbocycles. The maximum absolute atomic E-state index is 11.9. The highest BCUT2D eigenvalue weighted by molar-refractivity contribution is 7.99. The van der Waals surface area contributed by atoms with Crippen molar-refractivity contribution in [2.24, 2.45) is 0 Å². The fraction of sp³-hybridized carbons (Fsp3) is 0.545. The highest BCUT2D eigenvalue weighted by Crippen LogP contribution is 2.36. The largest absolute Gasteiger partial charge is 0.310 e. The van der Waals surface area contributed by atoms with E-state index >= 15 is 0 Å². The number of nitrogens with one attached hydrogen (secondary N) is 2. The molecule has 0 bridgehead atoms. The van der Waals surface area contributed by atoms with Gasteiger partial charge in [-0.15, -0.1) is 5.10 Å². The van der Waals surface area contributed by atoms with E-state index in [1.807, 2.05) is 6.92 Å². The molecule has 0 aromatic carbocycles. The summed E-state index contributed by atoms with van der Waals surface area (Å²) < 4.78 is 1.80. The molecular formula is C11H15N7OS. The minimum absolute atomic E-state index is 0.0979. The lowest BCUT2D eigenvalue weighted by atomic mass is 10.2. The zero-order valence-electron chi connectivity index (χ0n) is 11.0. The van der Waals surface area contributed by atoms with Crippen molar-refractivity contribution in [3.63, 3.8) is 0 Å². The molecule has 9 heteroatoms. The van der Waals surface area contributed by atoms with Gasteiger partial charge in [0.2, 0.25) is 11.1 Å². The first-order chi connectivity index (χ1) is 9.78. The number of aryl methyl sites for hydroxylation is 1. The normalized spacial score (nSPS) is 14.4. The van der Waals surface area contributed by atoms with Gasteiger partial charge in [0, 0.05) is 5.56 Å². The highest BCUT2D eigenvalue weighted by atomic mass is 32.2. The molecule has 2 heterocycles. The second-order valence-corrected chi connectivity index (χ2v) is 5.54. The van der Waals surface area contributed by atoms with Crippen LogP contribution in [0.5, 0.6) is 0 Å². The minimum atomic E-state index is -0.0979. The molecule has 1 aliphatic rings. The summed E-state index contributed by atoms with van der Waals surface area (Å²) in [7, 11) is 0. The standard InChI is InChI=1S/C11H15N7OS/c1-2-7-5-12-14-10(7)13-9(19)6-20-11-15-16-17-18(11)8-3-4-8/h5,8H,2-4,6H2,1H3,(H2,12,13,14,19). The van der Waals surface area contributed by atoms with E-state index in [-0.39, 0.29) is 11.7 Å². The fourth-order valence-electron chi connectivity index (χ4n) is 1.82. The molecule has 0 atom stereocenters. The van der Waals surface area contributed by atoms with Crippen LogP contribution in [0.25, 0.3) is 0 Å². The number of carbonyl (C=O) groups excluding carboxylic acids is 1. The molecule has 0 unspecified atom stereocenters. The second-order valence-electron chi connectivity index (χ2n) is 4.60. The number of aromatic nitrogens is 6. The number of rotatable bonds is 6. The lowest BCUT2D eigenvalue weighted by molar-refractivity contribution is -0.113. The number of thioether (sulfide) groups is 1. The summed E-state index contributed by atoms with van der Waals surface area (Å²) in [6, 6.07) is 0.412. The Morgan fingerprint density at radius 2 is 2.45 bits per heavy atom. The number of tetrazole rings is 1. The number of nitrogens with zero attached hydrogens (tertiary/aromatic N) is 5. The van der Waals surface area contributed by atoms with Crippen molar-refractivity contribution < 1.29 is 4.79 Å². The Morgan fingerprint density at radius 1 is 1.60 bits per heavy atom. The molecule has 0 radical (unpaired) electrons. The number of amides is 1. The van der Waals surface area contributed by atoms with Gasteiger partial charge in [-0.2, -0.15) is 5.10 Å². The first-order valence-corrected chi connectivity index (χ1v) is 7.49. The van der Waals surface area contributed by atoms with Crippen LogP contribution in [-0.4, -0.2) is 42.1 Å². The molecule has 20 heavy (non-hydrogen) atoms. The lowest BCUT2D eigenvalue weighted by Crippen LogP contribution is -2.16. The molecule has 1 saturated carbocycles. The van der Waals surface area contributed by atoms with Crippen LogP contribution in [0.15, 0.2) is 11.4 Å². The van der Waals surface area contributed by atoms with E-state index in [0.29, 0.717) is 17.0 Å². The van der Waals surface area contributed by atoms with Crippen LogP contribution in [0.3, 0.4) is 0 Å². The van der Waals surface area contributed by atoms with Crippen LogP contribution >= 0.6 is 11.8 Å². The fourth-order valence-corrected chi connectivity index (χ4v) is 2.57. The summed E-state index contributed by atoms with van der Waals surface area (Å²) in [6.07, 6.45) is 4.76. The molecule has 2 aromatic rings. The molecule has 0 saturated heterocycles. The van der Waals surface area contributed by atoms with Crippen LogP contribution < -0.4 is 5.32 Å². The molecule has 2 aromatic heterocycles. The van der Waals surface area contributed by atoms with Crippen molar-refractivity contribution in [3.05, 3.63) is 11.8 Å². The van der Waals surface area contributed by atoms with Crippen LogP contribution in [0.4, 0.5) is 5.82 Å². The first-order valence-electron chi connectivity index (χ1n) is 6.50. The SMILES string of the molecule is CCc1cn[nH]c1NC(=O)CSc1nnnn1C1CC1. The third kappa shape index (κ3) is 2.82. The van der Waals surface area contributed by atoms with Gasteiger partial charge in [-0.25, -0.2) is 4.68 Å². The number of anilines is 1. The Hall–Kier alpha value is -1.90. The van der Waals surface area contributed by atoms with Crippen molar-refractivity contribution in [2.45, 2.75) is 37.4 Å². The average molecular weight is 293 g/mol. The van der Waals surface area contributed by atoms with Crippen LogP contribution in [0, 0.1) is 0 Å². The molecule has 0 spiro atoms. The smallest absolute Gasteiger partial charge is 0.235 e. The Morgan fingerprint density at radius 3 is 3.20 bits per heavy atom. The third-order valence-electron chi connectivity index (χ3n) is 3.05. The number of aromatic amines is 1. The predicted molar refractivity (Wildman–Crippen MR) is 73.4 cm³/mol. The summed E-state index contributed by atoms with van der Waals surface area (Å²) in [5.41, 5.74) is 0.992. The van der Waals surface area contributed by atoms with Crippen molar-refractivity contribution >= 4 is 23.5 Å². The van der Waals surface area contributed by atoms with Crippen molar-refractivity contribution in [2.75, 3.05) is 11.1 Å². The minimum Gasteiger partial charge on any atom is -0.310 e. The van der Waals surface area contributed by atoms with Crippen molar-refractivity contribution in [3.8, 4) is 0 Å². The third-order valence-corrected chi connectivity index (χ3v) is 3.98. The highest BCUT2D eigenvalue weighted by Gasteiger charge is 2.28. The van der Waals surface area contributed by atoms with E-state index in [1.165, 1.54) is 11.8 Å². The zero-order chi connectivity index (χ0) is 13.9.